The second kappa shape index (κ2) is 5.63. The molecule has 1 atom stereocenters. The Bertz CT molecular complexity index is 304. The minimum absolute atomic E-state index is 0.190. The number of benzene rings is 1. The Labute approximate surface area is 97.2 Å². The summed E-state index contributed by atoms with van der Waals surface area (Å²) >= 11 is 2.13. The fraction of sp³-hybridized carbons (Fsp3) is 0.400. The van der Waals surface area contributed by atoms with Gasteiger partial charge in [-0.05, 0) is 47.2 Å². The molecule has 0 bridgehead atoms. The Morgan fingerprint density at radius 2 is 2.29 bits per heavy atom. The predicted octanol–water partition coefficient (Wildman–Crippen LogP) is 1.87. The van der Waals surface area contributed by atoms with Gasteiger partial charge in [0.2, 0.25) is 0 Å². The molecule has 0 aromatic heterocycles. The molecule has 3 N–H and O–H groups in total. The zero-order valence-corrected chi connectivity index (χ0v) is 10.2. The summed E-state index contributed by atoms with van der Waals surface area (Å²) in [6, 6.07) is 5.10. The molecular formula is C10H14FIN2. The van der Waals surface area contributed by atoms with Crippen molar-refractivity contribution in [2.75, 3.05) is 6.54 Å². The van der Waals surface area contributed by atoms with Crippen LogP contribution in [-0.2, 0) is 6.54 Å². The van der Waals surface area contributed by atoms with Crippen LogP contribution in [0.1, 0.15) is 12.5 Å². The van der Waals surface area contributed by atoms with Gasteiger partial charge < -0.3 is 11.1 Å². The number of nitrogens with two attached hydrogens (primary N) is 1. The van der Waals surface area contributed by atoms with Crippen molar-refractivity contribution in [1.29, 1.82) is 0 Å². The summed E-state index contributed by atoms with van der Waals surface area (Å²) in [5, 5.41) is 3.26. The van der Waals surface area contributed by atoms with Crippen molar-refractivity contribution in [2.24, 2.45) is 5.73 Å². The summed E-state index contributed by atoms with van der Waals surface area (Å²) in [4.78, 5) is 0. The van der Waals surface area contributed by atoms with E-state index in [9.17, 15) is 4.39 Å². The van der Waals surface area contributed by atoms with E-state index in [1.165, 1.54) is 12.1 Å². The Hall–Kier alpha value is -0.200. The van der Waals surface area contributed by atoms with E-state index in [-0.39, 0.29) is 11.9 Å². The van der Waals surface area contributed by atoms with Gasteiger partial charge in [0.25, 0.3) is 0 Å². The first-order valence-corrected chi connectivity index (χ1v) is 5.58. The highest BCUT2D eigenvalue weighted by Crippen LogP contribution is 2.13. The molecule has 0 saturated heterocycles. The van der Waals surface area contributed by atoms with Crippen LogP contribution in [0, 0.1) is 9.39 Å². The summed E-state index contributed by atoms with van der Waals surface area (Å²) in [6.45, 7) is 3.37. The van der Waals surface area contributed by atoms with Crippen molar-refractivity contribution < 1.29 is 4.39 Å². The summed E-state index contributed by atoms with van der Waals surface area (Å²) in [7, 11) is 0. The molecule has 0 aliphatic rings. The van der Waals surface area contributed by atoms with E-state index in [1.54, 1.807) is 6.07 Å². The minimum atomic E-state index is -0.190. The smallest absolute Gasteiger partial charge is 0.124 e. The third-order valence-electron chi connectivity index (χ3n) is 2.01. The lowest BCUT2D eigenvalue weighted by atomic mass is 10.2. The van der Waals surface area contributed by atoms with Gasteiger partial charge in [0, 0.05) is 22.7 Å². The normalized spacial score (nSPS) is 12.9. The van der Waals surface area contributed by atoms with Crippen molar-refractivity contribution in [3.05, 3.63) is 33.1 Å². The summed E-state index contributed by atoms with van der Waals surface area (Å²) in [5.74, 6) is -0.190. The van der Waals surface area contributed by atoms with Crippen LogP contribution < -0.4 is 11.1 Å². The van der Waals surface area contributed by atoms with Crippen molar-refractivity contribution in [3.8, 4) is 0 Å². The molecule has 0 saturated carbocycles. The van der Waals surface area contributed by atoms with Crippen molar-refractivity contribution in [3.63, 3.8) is 0 Å². The van der Waals surface area contributed by atoms with E-state index in [0.717, 1.165) is 15.7 Å². The lowest BCUT2D eigenvalue weighted by Gasteiger charge is -2.12. The van der Waals surface area contributed by atoms with Crippen LogP contribution in [0.2, 0.25) is 0 Å². The van der Waals surface area contributed by atoms with Gasteiger partial charge in [0.1, 0.15) is 5.82 Å². The molecule has 4 heteroatoms. The third kappa shape index (κ3) is 3.51. The Kier molecular flexibility index (Phi) is 4.77. The van der Waals surface area contributed by atoms with Gasteiger partial charge in [-0.1, -0.05) is 6.07 Å². The number of rotatable bonds is 4. The van der Waals surface area contributed by atoms with Gasteiger partial charge >= 0.3 is 0 Å². The van der Waals surface area contributed by atoms with Crippen molar-refractivity contribution in [1.82, 2.24) is 5.32 Å². The molecule has 1 aromatic carbocycles. The average molecular weight is 308 g/mol. The lowest BCUT2D eigenvalue weighted by molar-refractivity contribution is 0.554. The van der Waals surface area contributed by atoms with Gasteiger partial charge in [-0.2, -0.15) is 0 Å². The van der Waals surface area contributed by atoms with Gasteiger partial charge in [-0.3, -0.25) is 0 Å². The monoisotopic (exact) mass is 308 g/mol. The Morgan fingerprint density at radius 1 is 1.57 bits per heavy atom. The maximum Gasteiger partial charge on any atom is 0.124 e. The molecule has 0 aliphatic carbocycles. The number of hydrogen-bond donors (Lipinski definition) is 2. The van der Waals surface area contributed by atoms with Crippen LogP contribution in [0.4, 0.5) is 4.39 Å². The van der Waals surface area contributed by atoms with E-state index < -0.39 is 0 Å². The number of nitrogens with one attached hydrogen (secondary N) is 1. The van der Waals surface area contributed by atoms with Crippen LogP contribution in [0.15, 0.2) is 18.2 Å². The lowest BCUT2D eigenvalue weighted by Crippen LogP contribution is -2.32. The molecule has 78 valence electrons. The van der Waals surface area contributed by atoms with E-state index in [4.69, 9.17) is 5.73 Å². The molecule has 1 rings (SSSR count). The Balaban J connectivity index is 2.59. The molecule has 0 amide bonds. The van der Waals surface area contributed by atoms with E-state index in [0.29, 0.717) is 6.54 Å². The zero-order chi connectivity index (χ0) is 10.6. The predicted molar refractivity (Wildman–Crippen MR) is 64.5 cm³/mol. The van der Waals surface area contributed by atoms with Crippen LogP contribution >= 0.6 is 22.6 Å². The van der Waals surface area contributed by atoms with Crippen LogP contribution in [0.5, 0.6) is 0 Å². The van der Waals surface area contributed by atoms with E-state index in [2.05, 4.69) is 27.9 Å². The highest BCUT2D eigenvalue weighted by Gasteiger charge is 2.03. The first kappa shape index (κ1) is 11.9. The second-order valence-electron chi connectivity index (χ2n) is 3.25. The first-order chi connectivity index (χ1) is 6.63. The first-order valence-electron chi connectivity index (χ1n) is 4.51. The maximum absolute atomic E-state index is 12.8. The molecule has 0 fully saturated rings. The molecule has 0 spiro atoms. The SMILES string of the molecule is C[C@H](CN)NCc1ccc(F)cc1I. The van der Waals surface area contributed by atoms with Gasteiger partial charge in [-0.25, -0.2) is 4.39 Å². The van der Waals surface area contributed by atoms with Crippen LogP contribution in [0.25, 0.3) is 0 Å². The largest absolute Gasteiger partial charge is 0.329 e. The molecule has 0 heterocycles. The second-order valence-corrected chi connectivity index (χ2v) is 4.42. The number of halogens is 2. The standard InChI is InChI=1S/C10H14FIN2/c1-7(5-13)14-6-8-2-3-9(11)4-10(8)12/h2-4,7,14H,5-6,13H2,1H3/t7-/m1/s1. The molecule has 0 unspecified atom stereocenters. The molecule has 0 aliphatic heterocycles. The molecule has 2 nitrogen and oxygen atoms in total. The highest BCUT2D eigenvalue weighted by molar-refractivity contribution is 14.1. The molecular weight excluding hydrogens is 294 g/mol. The van der Waals surface area contributed by atoms with E-state index in [1.807, 2.05) is 6.92 Å². The van der Waals surface area contributed by atoms with Crippen molar-refractivity contribution in [2.45, 2.75) is 19.5 Å². The highest BCUT2D eigenvalue weighted by atomic mass is 127. The van der Waals surface area contributed by atoms with Gasteiger partial charge in [0.15, 0.2) is 0 Å². The van der Waals surface area contributed by atoms with Crippen LogP contribution in [-0.4, -0.2) is 12.6 Å². The topological polar surface area (TPSA) is 38.0 Å². The summed E-state index contributed by atoms with van der Waals surface area (Å²) in [5.41, 5.74) is 6.58. The molecule has 1 aromatic rings. The van der Waals surface area contributed by atoms with Gasteiger partial charge in [-0.15, -0.1) is 0 Å². The summed E-state index contributed by atoms with van der Waals surface area (Å²) < 4.78 is 13.7. The quantitative estimate of drug-likeness (QED) is 0.834. The number of hydrogen-bond acceptors (Lipinski definition) is 2. The Morgan fingerprint density at radius 3 is 2.86 bits per heavy atom. The van der Waals surface area contributed by atoms with Crippen molar-refractivity contribution >= 4 is 22.6 Å². The maximum atomic E-state index is 12.8. The molecule has 14 heavy (non-hydrogen) atoms. The fourth-order valence-electron chi connectivity index (χ4n) is 1.03. The summed E-state index contributed by atoms with van der Waals surface area (Å²) in [6.07, 6.45) is 0. The zero-order valence-electron chi connectivity index (χ0n) is 8.06. The third-order valence-corrected chi connectivity index (χ3v) is 3.01. The average Bonchev–Trinajstić information content (AvgIpc) is 2.16. The van der Waals surface area contributed by atoms with Gasteiger partial charge in [0.05, 0.1) is 0 Å². The van der Waals surface area contributed by atoms with E-state index >= 15 is 0 Å². The molecule has 0 radical (unpaired) electrons. The minimum Gasteiger partial charge on any atom is -0.329 e. The van der Waals surface area contributed by atoms with Crippen LogP contribution in [0.3, 0.4) is 0 Å². The fourth-order valence-corrected chi connectivity index (χ4v) is 1.70.